The monoisotopic (exact) mass is 820 g/mol. The molecule has 11 nitrogen and oxygen atoms in total. The molecule has 2 aliphatic carbocycles. The highest BCUT2D eigenvalue weighted by molar-refractivity contribution is 6.33. The maximum atomic E-state index is 15.4. The Morgan fingerprint density at radius 1 is 0.930 bits per heavy atom. The number of benzene rings is 3. The van der Waals surface area contributed by atoms with Crippen molar-refractivity contribution in [1.29, 1.82) is 0 Å². The van der Waals surface area contributed by atoms with Gasteiger partial charge in [-0.15, -0.1) is 0 Å². The van der Waals surface area contributed by atoms with Crippen molar-refractivity contribution < 1.29 is 46.9 Å². The number of carbonyl (C=O) groups is 4. The first-order valence-electron chi connectivity index (χ1n) is 17.9. The lowest BCUT2D eigenvalue weighted by Crippen LogP contribution is -2.53. The van der Waals surface area contributed by atoms with E-state index in [2.05, 4.69) is 10.4 Å². The van der Waals surface area contributed by atoms with Gasteiger partial charge >= 0.3 is 6.18 Å². The van der Waals surface area contributed by atoms with E-state index in [0.29, 0.717) is 33.4 Å². The molecule has 57 heavy (non-hydrogen) atoms. The lowest BCUT2D eigenvalue weighted by atomic mass is 9.49. The van der Waals surface area contributed by atoms with Crippen molar-refractivity contribution in [3.05, 3.63) is 123 Å². The summed E-state index contributed by atoms with van der Waals surface area (Å²) in [5.41, 5.74) is 1.26. The summed E-state index contributed by atoms with van der Waals surface area (Å²) in [7, 11) is 2.76. The number of methoxy groups -OCH3 is 2. The molecule has 3 aromatic carbocycles. The molecule has 8 rings (SSSR count). The number of rotatable bonds is 8. The summed E-state index contributed by atoms with van der Waals surface area (Å²) < 4.78 is 51.8. The molecule has 4 aromatic rings. The van der Waals surface area contributed by atoms with Crippen molar-refractivity contribution >= 4 is 52.6 Å². The van der Waals surface area contributed by atoms with Crippen LogP contribution in [0, 0.1) is 23.7 Å². The highest BCUT2D eigenvalue weighted by atomic mass is 35.5. The van der Waals surface area contributed by atoms with Crippen molar-refractivity contribution in [2.24, 2.45) is 23.7 Å². The Bertz CT molecular complexity index is 2360. The zero-order valence-corrected chi connectivity index (χ0v) is 31.7. The molecule has 0 bridgehead atoms. The maximum Gasteiger partial charge on any atom is 0.417 e. The summed E-state index contributed by atoms with van der Waals surface area (Å²) in [5.74, 6) is -7.82. The quantitative estimate of drug-likeness (QED) is 0.138. The predicted octanol–water partition coefficient (Wildman–Crippen LogP) is 7.32. The van der Waals surface area contributed by atoms with Gasteiger partial charge in [0, 0.05) is 34.8 Å². The Labute approximate surface area is 333 Å². The molecule has 6 atom stereocenters. The number of carbonyl (C=O) groups excluding carboxylic acids is 4. The van der Waals surface area contributed by atoms with Gasteiger partial charge in [0.15, 0.2) is 5.82 Å². The predicted molar refractivity (Wildman–Crippen MR) is 200 cm³/mol. The Morgan fingerprint density at radius 3 is 2.30 bits per heavy atom. The average Bonchev–Trinajstić information content (AvgIpc) is 3.55. The van der Waals surface area contributed by atoms with Crippen molar-refractivity contribution in [3.8, 4) is 17.2 Å². The molecular weight excluding hydrogens is 788 g/mol. The molecule has 294 valence electrons. The van der Waals surface area contributed by atoms with Gasteiger partial charge in [-0.2, -0.15) is 18.2 Å². The number of pyridine rings is 1. The second-order valence-corrected chi connectivity index (χ2v) is 15.3. The van der Waals surface area contributed by atoms with Crippen LogP contribution in [0.3, 0.4) is 0 Å². The second-order valence-electron chi connectivity index (χ2n) is 14.4. The minimum absolute atomic E-state index is 0.0399. The number of alkyl halides is 3. The average molecular weight is 822 g/mol. The highest BCUT2D eigenvalue weighted by Crippen LogP contribution is 2.66. The molecule has 1 saturated carbocycles. The number of fused-ring (bicyclic) bond motifs is 4. The fourth-order valence-electron chi connectivity index (χ4n) is 9.25. The summed E-state index contributed by atoms with van der Waals surface area (Å²) in [6.07, 6.45) is -2.41. The van der Waals surface area contributed by atoms with Crippen LogP contribution in [0.2, 0.25) is 10.0 Å². The van der Waals surface area contributed by atoms with Crippen molar-refractivity contribution in [3.63, 3.8) is 0 Å². The third-order valence-corrected chi connectivity index (χ3v) is 12.2. The highest BCUT2D eigenvalue weighted by Gasteiger charge is 2.71. The summed E-state index contributed by atoms with van der Waals surface area (Å²) >= 11 is 12.6. The van der Waals surface area contributed by atoms with Gasteiger partial charge in [-0.3, -0.25) is 29.5 Å². The van der Waals surface area contributed by atoms with Crippen LogP contribution < -0.4 is 14.9 Å². The summed E-state index contributed by atoms with van der Waals surface area (Å²) in [5, 5.41) is 12.4. The van der Waals surface area contributed by atoms with E-state index in [0.717, 1.165) is 5.56 Å². The number of ether oxygens (including phenoxy) is 2. The van der Waals surface area contributed by atoms with Crippen LogP contribution in [0.15, 0.2) is 90.6 Å². The smallest absolute Gasteiger partial charge is 0.417 e. The number of hydrogen-bond donors (Lipinski definition) is 2. The van der Waals surface area contributed by atoms with E-state index in [1.54, 1.807) is 36.4 Å². The largest absolute Gasteiger partial charge is 0.507 e. The van der Waals surface area contributed by atoms with Crippen LogP contribution in [-0.4, -0.2) is 57.8 Å². The second kappa shape index (κ2) is 14.1. The van der Waals surface area contributed by atoms with Gasteiger partial charge < -0.3 is 14.6 Å². The van der Waals surface area contributed by atoms with Crippen LogP contribution in [0.4, 0.5) is 19.0 Å². The number of allylic oxidation sites excluding steroid dienone is 2. The summed E-state index contributed by atoms with van der Waals surface area (Å²) in [4.78, 5) is 63.9. The number of hydrogen-bond acceptors (Lipinski definition) is 9. The van der Waals surface area contributed by atoms with Gasteiger partial charge in [0.05, 0.1) is 54.5 Å². The number of aromatic nitrogens is 1. The number of anilines is 1. The van der Waals surface area contributed by atoms with Gasteiger partial charge in [0.25, 0.3) is 11.8 Å². The molecule has 3 fully saturated rings. The van der Waals surface area contributed by atoms with E-state index in [9.17, 15) is 32.7 Å². The Kier molecular flexibility index (Phi) is 9.47. The van der Waals surface area contributed by atoms with Gasteiger partial charge in [-0.1, -0.05) is 77.3 Å². The standard InChI is InChI=1S/C41H33Cl2F3N4O7/c1-56-24-15-30(51)33(31(16-24)57-2)34-25-12-13-26-32(38(54)49(36(26)52)19-20-6-4-3-5-7-20)27(25)17-28-37(53)50(39(55)40(28,34)21-8-10-23(42)11-9-21)48-35-29(43)14-22(18-47-35)41(44,45)46/h3-12,14-16,18,26-28,32,34,51H,13,17,19H2,1-2H3,(H,47,48). The number of nitrogens with zero attached hydrogens (tertiary/aromatic N) is 3. The maximum absolute atomic E-state index is 15.4. The van der Waals surface area contributed by atoms with Gasteiger partial charge in [0.1, 0.15) is 17.2 Å². The lowest BCUT2D eigenvalue weighted by molar-refractivity contribution is -0.142. The Balaban J connectivity index is 1.33. The molecule has 6 unspecified atom stereocenters. The fourth-order valence-corrected chi connectivity index (χ4v) is 9.58. The van der Waals surface area contributed by atoms with Gasteiger partial charge in [-0.25, -0.2) is 4.98 Å². The first-order valence-corrected chi connectivity index (χ1v) is 18.6. The normalized spacial score (nSPS) is 25.5. The molecule has 16 heteroatoms. The van der Waals surface area contributed by atoms with E-state index < -0.39 is 75.3 Å². The third kappa shape index (κ3) is 5.99. The molecule has 0 spiro atoms. The minimum Gasteiger partial charge on any atom is -0.507 e. The number of phenols is 1. The minimum atomic E-state index is -4.77. The first-order chi connectivity index (χ1) is 27.2. The lowest BCUT2D eigenvalue weighted by Gasteiger charge is -2.50. The third-order valence-electron chi connectivity index (χ3n) is 11.7. The summed E-state index contributed by atoms with van der Waals surface area (Å²) in [6.45, 7) is 0.0399. The molecule has 2 saturated heterocycles. The van der Waals surface area contributed by atoms with Crippen molar-refractivity contribution in [2.75, 3.05) is 19.6 Å². The number of likely N-dealkylation sites (tertiary alicyclic amines) is 1. The molecule has 1 aromatic heterocycles. The zero-order valence-electron chi connectivity index (χ0n) is 30.2. The van der Waals surface area contributed by atoms with E-state index in [1.165, 1.54) is 31.3 Å². The van der Waals surface area contributed by atoms with E-state index in [-0.39, 0.29) is 48.1 Å². The topological polar surface area (TPSA) is 138 Å². The fraction of sp³-hybridized carbons (Fsp3) is 0.293. The number of hydrazine groups is 1. The van der Waals surface area contributed by atoms with Gasteiger partial charge in [0.2, 0.25) is 11.8 Å². The van der Waals surface area contributed by atoms with Crippen LogP contribution in [0.25, 0.3) is 0 Å². The molecule has 0 radical (unpaired) electrons. The summed E-state index contributed by atoms with van der Waals surface area (Å²) in [6, 6.07) is 18.8. The molecular formula is C41H33Cl2F3N4O7. The Hall–Kier alpha value is -5.60. The van der Waals surface area contributed by atoms with Crippen molar-refractivity contribution in [2.45, 2.75) is 36.9 Å². The van der Waals surface area contributed by atoms with Crippen LogP contribution >= 0.6 is 23.2 Å². The number of imide groups is 2. The SMILES string of the molecule is COc1cc(O)c(C2C3=CCC4C(=O)N(Cc5ccccc5)C(=O)C4C3CC3C(=O)N(Nc4ncc(C(F)(F)F)cc4Cl)C(=O)C32c2ccc(Cl)cc2)c(OC)c1. The number of aromatic hydroxyl groups is 1. The molecule has 4 amide bonds. The van der Waals surface area contributed by atoms with E-state index in [4.69, 9.17) is 32.7 Å². The van der Waals surface area contributed by atoms with Crippen molar-refractivity contribution in [1.82, 2.24) is 14.9 Å². The molecule has 2 N–H and O–H groups in total. The number of phenolic OH excluding ortho intramolecular Hbond substituents is 1. The number of nitrogens with one attached hydrogen (secondary N) is 1. The number of halogens is 5. The number of amides is 4. The first kappa shape index (κ1) is 38.3. The molecule has 2 aliphatic heterocycles. The van der Waals surface area contributed by atoms with Crippen LogP contribution in [0.1, 0.15) is 41.0 Å². The van der Waals surface area contributed by atoms with Crippen LogP contribution in [0.5, 0.6) is 17.2 Å². The van der Waals surface area contributed by atoms with E-state index >= 15 is 4.79 Å². The van der Waals surface area contributed by atoms with Crippen LogP contribution in [-0.2, 0) is 37.3 Å². The molecule has 3 heterocycles. The van der Waals surface area contributed by atoms with E-state index in [1.807, 2.05) is 24.3 Å². The molecule has 4 aliphatic rings. The Morgan fingerprint density at radius 2 is 1.65 bits per heavy atom. The van der Waals surface area contributed by atoms with Gasteiger partial charge in [-0.05, 0) is 48.1 Å². The zero-order chi connectivity index (χ0) is 40.6.